The van der Waals surface area contributed by atoms with Gasteiger partial charge in [0.25, 0.3) is 0 Å². The fraction of sp³-hybridized carbons (Fsp3) is 0.158. The van der Waals surface area contributed by atoms with Gasteiger partial charge in [0.1, 0.15) is 6.07 Å². The van der Waals surface area contributed by atoms with Crippen molar-refractivity contribution in [3.05, 3.63) is 59.9 Å². The van der Waals surface area contributed by atoms with Crippen molar-refractivity contribution in [2.75, 3.05) is 19.0 Å². The van der Waals surface area contributed by atoms with Crippen LogP contribution in [0.25, 0.3) is 22.7 Å². The Kier molecular flexibility index (Phi) is 3.86. The fourth-order valence-corrected chi connectivity index (χ4v) is 2.57. The number of hydrogen-bond acceptors (Lipinski definition) is 3. The number of allylic oxidation sites excluding steroid dienone is 1. The third-order valence-electron chi connectivity index (χ3n) is 3.87. The van der Waals surface area contributed by atoms with Crippen molar-refractivity contribution in [2.24, 2.45) is 7.05 Å². The first-order valence-electron chi connectivity index (χ1n) is 7.41. The molecule has 0 amide bonds. The first-order valence-corrected chi connectivity index (χ1v) is 7.41. The summed E-state index contributed by atoms with van der Waals surface area (Å²) in [4.78, 5) is 6.64. The summed E-state index contributed by atoms with van der Waals surface area (Å²) in [5, 5.41) is 9.55. The van der Waals surface area contributed by atoms with Crippen LogP contribution < -0.4 is 4.90 Å². The predicted molar refractivity (Wildman–Crippen MR) is 95.0 cm³/mol. The number of fused-ring (bicyclic) bond motifs is 1. The van der Waals surface area contributed by atoms with Crippen LogP contribution in [0.1, 0.15) is 11.4 Å². The Morgan fingerprint density at radius 1 is 1.13 bits per heavy atom. The molecule has 0 unspecified atom stereocenters. The molecular weight excluding hydrogens is 284 g/mol. The molecule has 114 valence electrons. The van der Waals surface area contributed by atoms with Gasteiger partial charge in [0, 0.05) is 26.8 Å². The second-order valence-electron chi connectivity index (χ2n) is 5.64. The number of nitriles is 1. The highest BCUT2D eigenvalue weighted by atomic mass is 15.1. The second kappa shape index (κ2) is 5.98. The molecule has 3 rings (SSSR count). The monoisotopic (exact) mass is 302 g/mol. The number of rotatable bonds is 3. The lowest BCUT2D eigenvalue weighted by Crippen LogP contribution is -2.07. The molecule has 4 nitrogen and oxygen atoms in total. The van der Waals surface area contributed by atoms with Gasteiger partial charge in [0.2, 0.25) is 0 Å². The molecule has 1 heterocycles. The SMILES string of the molecule is CN(C)c1ccc(/C=C(\C#N)c2nc3ccccc3n2C)cc1. The number of aromatic nitrogens is 2. The molecule has 0 N–H and O–H groups in total. The van der Waals surface area contributed by atoms with Crippen molar-refractivity contribution in [3.63, 3.8) is 0 Å². The maximum atomic E-state index is 9.55. The van der Waals surface area contributed by atoms with Gasteiger partial charge in [0.05, 0.1) is 16.6 Å². The van der Waals surface area contributed by atoms with Gasteiger partial charge in [-0.15, -0.1) is 0 Å². The van der Waals surface area contributed by atoms with Crippen LogP contribution in [-0.2, 0) is 7.05 Å². The molecule has 2 aromatic carbocycles. The molecular formula is C19H18N4. The van der Waals surface area contributed by atoms with E-state index in [0.717, 1.165) is 22.3 Å². The number of benzene rings is 2. The van der Waals surface area contributed by atoms with Crippen molar-refractivity contribution in [2.45, 2.75) is 0 Å². The summed E-state index contributed by atoms with van der Waals surface area (Å²) in [7, 11) is 5.95. The highest BCUT2D eigenvalue weighted by Crippen LogP contribution is 2.22. The first-order chi connectivity index (χ1) is 11.1. The van der Waals surface area contributed by atoms with Gasteiger partial charge in [-0.3, -0.25) is 0 Å². The third kappa shape index (κ3) is 2.82. The molecule has 3 aromatic rings. The first kappa shape index (κ1) is 14.9. The molecule has 0 aliphatic carbocycles. The molecule has 0 bridgehead atoms. The molecule has 0 aliphatic rings. The van der Waals surface area contributed by atoms with Crippen LogP contribution in [-0.4, -0.2) is 23.6 Å². The Hall–Kier alpha value is -3.06. The molecule has 0 spiro atoms. The standard InChI is InChI=1S/C19H18N4/c1-22(2)16-10-8-14(9-11-16)12-15(13-20)19-21-17-6-4-5-7-18(17)23(19)3/h4-12H,1-3H3/b15-12+. The van der Waals surface area contributed by atoms with E-state index in [-0.39, 0.29) is 0 Å². The van der Waals surface area contributed by atoms with Crippen LogP contribution in [0.5, 0.6) is 0 Å². The Bertz CT molecular complexity index is 909. The smallest absolute Gasteiger partial charge is 0.151 e. The van der Waals surface area contributed by atoms with E-state index in [1.165, 1.54) is 0 Å². The molecule has 0 radical (unpaired) electrons. The minimum absolute atomic E-state index is 0.557. The molecule has 0 aliphatic heterocycles. The van der Waals surface area contributed by atoms with Gasteiger partial charge in [-0.05, 0) is 35.9 Å². The van der Waals surface area contributed by atoms with E-state index < -0.39 is 0 Å². The fourth-order valence-electron chi connectivity index (χ4n) is 2.57. The highest BCUT2D eigenvalue weighted by molar-refractivity contribution is 5.90. The zero-order valence-corrected chi connectivity index (χ0v) is 13.5. The van der Waals surface area contributed by atoms with Crippen LogP contribution >= 0.6 is 0 Å². The van der Waals surface area contributed by atoms with E-state index in [4.69, 9.17) is 0 Å². The summed E-state index contributed by atoms with van der Waals surface area (Å²) >= 11 is 0. The van der Waals surface area contributed by atoms with E-state index in [0.29, 0.717) is 11.4 Å². The maximum absolute atomic E-state index is 9.55. The summed E-state index contributed by atoms with van der Waals surface area (Å²) in [5.41, 5.74) is 4.59. The summed E-state index contributed by atoms with van der Waals surface area (Å²) in [6, 6.07) is 18.3. The van der Waals surface area contributed by atoms with Gasteiger partial charge < -0.3 is 9.47 Å². The van der Waals surface area contributed by atoms with E-state index >= 15 is 0 Å². The van der Waals surface area contributed by atoms with Crippen LogP contribution in [0.2, 0.25) is 0 Å². The molecule has 23 heavy (non-hydrogen) atoms. The third-order valence-corrected chi connectivity index (χ3v) is 3.87. The lowest BCUT2D eigenvalue weighted by atomic mass is 10.1. The van der Waals surface area contributed by atoms with Crippen molar-refractivity contribution in [3.8, 4) is 6.07 Å². The van der Waals surface area contributed by atoms with E-state index in [1.807, 2.05) is 85.2 Å². The second-order valence-corrected chi connectivity index (χ2v) is 5.64. The number of imidazole rings is 1. The zero-order chi connectivity index (χ0) is 16.4. The largest absolute Gasteiger partial charge is 0.378 e. The minimum atomic E-state index is 0.557. The Labute approximate surface area is 135 Å². The number of hydrogen-bond donors (Lipinski definition) is 0. The Balaban J connectivity index is 2.04. The normalized spacial score (nSPS) is 11.5. The predicted octanol–water partition coefficient (Wildman–Crippen LogP) is 3.70. The van der Waals surface area contributed by atoms with E-state index in [9.17, 15) is 5.26 Å². The quantitative estimate of drug-likeness (QED) is 0.693. The number of para-hydroxylation sites is 2. The molecule has 1 aromatic heterocycles. The lowest BCUT2D eigenvalue weighted by Gasteiger charge is -2.11. The van der Waals surface area contributed by atoms with Crippen molar-refractivity contribution in [1.82, 2.24) is 9.55 Å². The van der Waals surface area contributed by atoms with Crippen LogP contribution in [0.15, 0.2) is 48.5 Å². The molecule has 0 fully saturated rings. The number of aryl methyl sites for hydroxylation is 1. The van der Waals surface area contributed by atoms with Gasteiger partial charge >= 0.3 is 0 Å². The molecule has 4 heteroatoms. The Morgan fingerprint density at radius 3 is 2.43 bits per heavy atom. The zero-order valence-electron chi connectivity index (χ0n) is 13.5. The van der Waals surface area contributed by atoms with Gasteiger partial charge in [-0.25, -0.2) is 4.98 Å². The number of nitrogens with zero attached hydrogens (tertiary/aromatic N) is 4. The molecule has 0 saturated heterocycles. The average molecular weight is 302 g/mol. The van der Waals surface area contributed by atoms with Crippen LogP contribution in [0, 0.1) is 11.3 Å². The maximum Gasteiger partial charge on any atom is 0.151 e. The highest BCUT2D eigenvalue weighted by Gasteiger charge is 2.11. The van der Waals surface area contributed by atoms with Crippen LogP contribution in [0.4, 0.5) is 5.69 Å². The van der Waals surface area contributed by atoms with E-state index in [2.05, 4.69) is 11.1 Å². The minimum Gasteiger partial charge on any atom is -0.378 e. The van der Waals surface area contributed by atoms with Gasteiger partial charge in [-0.2, -0.15) is 5.26 Å². The van der Waals surface area contributed by atoms with Gasteiger partial charge in [0.15, 0.2) is 5.82 Å². The van der Waals surface area contributed by atoms with Crippen molar-refractivity contribution in [1.29, 1.82) is 5.26 Å². The topological polar surface area (TPSA) is 44.9 Å². The van der Waals surface area contributed by atoms with Gasteiger partial charge in [-0.1, -0.05) is 24.3 Å². The summed E-state index contributed by atoms with van der Waals surface area (Å²) in [6.07, 6.45) is 1.88. The summed E-state index contributed by atoms with van der Waals surface area (Å²) in [5.74, 6) is 0.686. The van der Waals surface area contributed by atoms with E-state index in [1.54, 1.807) is 0 Å². The average Bonchev–Trinajstić information content (AvgIpc) is 2.90. The summed E-state index contributed by atoms with van der Waals surface area (Å²) in [6.45, 7) is 0. The van der Waals surface area contributed by atoms with Crippen molar-refractivity contribution >= 4 is 28.4 Å². The summed E-state index contributed by atoms with van der Waals surface area (Å²) < 4.78 is 1.96. The molecule has 0 atom stereocenters. The lowest BCUT2D eigenvalue weighted by molar-refractivity contribution is 0.925. The van der Waals surface area contributed by atoms with Crippen LogP contribution in [0.3, 0.4) is 0 Å². The Morgan fingerprint density at radius 2 is 1.83 bits per heavy atom. The van der Waals surface area contributed by atoms with Crippen molar-refractivity contribution < 1.29 is 0 Å². The molecule has 0 saturated carbocycles. The number of anilines is 1.